The van der Waals surface area contributed by atoms with Gasteiger partial charge in [-0.25, -0.2) is 0 Å². The van der Waals surface area contributed by atoms with Gasteiger partial charge in [0.25, 0.3) is 0 Å². The lowest BCUT2D eigenvalue weighted by atomic mass is 9.99. The van der Waals surface area contributed by atoms with E-state index < -0.39 is 49.5 Å². The molecule has 1 amide bonds. The molecule has 0 aliphatic carbocycles. The van der Waals surface area contributed by atoms with Crippen LogP contribution in [-0.4, -0.2) is 100 Å². The standard InChI is InChI=1S/C76H143NO10/c1-3-5-7-9-11-13-15-16-36-39-43-46-50-54-58-62-69(79)68(67-86-76-75(84)74(83)73(82)70(66-78)87-76)77-71(80)63-59-55-51-47-44-40-37-34-32-30-28-26-24-22-20-18-17-19-21-23-25-27-29-31-33-35-38-41-45-49-53-57-61-65-85-72(81)64-60-56-52-48-42-14-12-10-8-6-4-2/h21,23,43,46,58,62,68-70,73-76,78-79,82-84H,3-20,22,24-42,44-45,47-57,59-61,63-67H2,1-2H3,(H,77,80)/b23-21-,46-43+,62-58+. The van der Waals surface area contributed by atoms with Gasteiger partial charge in [-0.3, -0.25) is 9.59 Å². The van der Waals surface area contributed by atoms with Gasteiger partial charge < -0.3 is 45.1 Å². The van der Waals surface area contributed by atoms with Gasteiger partial charge in [-0.1, -0.05) is 326 Å². The first-order valence-electron chi connectivity index (χ1n) is 37.8. The maximum absolute atomic E-state index is 13.1. The topological polar surface area (TPSA) is 175 Å². The molecule has 1 aliphatic rings. The van der Waals surface area contributed by atoms with Gasteiger partial charge in [-0.2, -0.15) is 0 Å². The van der Waals surface area contributed by atoms with Gasteiger partial charge in [0.05, 0.1) is 32.0 Å². The highest BCUT2D eigenvalue weighted by Crippen LogP contribution is 2.23. The van der Waals surface area contributed by atoms with Crippen molar-refractivity contribution >= 4 is 11.9 Å². The number of rotatable bonds is 67. The molecule has 7 unspecified atom stereocenters. The Kier molecular flexibility index (Phi) is 62.3. The van der Waals surface area contributed by atoms with Crippen LogP contribution in [0.3, 0.4) is 0 Å². The van der Waals surface area contributed by atoms with Crippen LogP contribution in [0.5, 0.6) is 0 Å². The minimum atomic E-state index is -1.58. The van der Waals surface area contributed by atoms with E-state index in [0.29, 0.717) is 19.4 Å². The number of amides is 1. The minimum absolute atomic E-state index is 0.0114. The van der Waals surface area contributed by atoms with Crippen LogP contribution in [0.15, 0.2) is 36.5 Å². The van der Waals surface area contributed by atoms with Gasteiger partial charge >= 0.3 is 5.97 Å². The van der Waals surface area contributed by atoms with Crippen molar-refractivity contribution < 1.29 is 49.3 Å². The Labute approximate surface area is 536 Å². The second kappa shape index (κ2) is 65.4. The summed E-state index contributed by atoms with van der Waals surface area (Å²) in [5.74, 6) is -0.175. The van der Waals surface area contributed by atoms with Crippen molar-refractivity contribution in [1.29, 1.82) is 0 Å². The Balaban J connectivity index is 1.97. The van der Waals surface area contributed by atoms with Crippen molar-refractivity contribution in [2.45, 2.75) is 416 Å². The number of aliphatic hydroxyl groups excluding tert-OH is 5. The first kappa shape index (κ1) is 82.9. The van der Waals surface area contributed by atoms with Gasteiger partial charge in [0.15, 0.2) is 6.29 Å². The van der Waals surface area contributed by atoms with Crippen LogP contribution in [0.4, 0.5) is 0 Å². The molecule has 11 nitrogen and oxygen atoms in total. The number of esters is 1. The summed E-state index contributed by atoms with van der Waals surface area (Å²) in [5, 5.41) is 54.6. The fraction of sp³-hybridized carbons (Fsp3) is 0.895. The highest BCUT2D eigenvalue weighted by Gasteiger charge is 2.44. The van der Waals surface area contributed by atoms with Crippen LogP contribution in [-0.2, 0) is 23.8 Å². The second-order valence-corrected chi connectivity index (χ2v) is 26.3. The summed E-state index contributed by atoms with van der Waals surface area (Å²) in [6.07, 6.45) is 74.4. The molecule has 1 heterocycles. The smallest absolute Gasteiger partial charge is 0.305 e. The molecule has 1 rings (SSSR count). The zero-order valence-corrected chi connectivity index (χ0v) is 57.0. The van der Waals surface area contributed by atoms with E-state index in [9.17, 15) is 35.1 Å². The van der Waals surface area contributed by atoms with Gasteiger partial charge in [-0.05, 0) is 70.6 Å². The molecule has 0 aromatic heterocycles. The number of nitrogens with one attached hydrogen (secondary N) is 1. The van der Waals surface area contributed by atoms with Gasteiger partial charge in [-0.15, -0.1) is 0 Å². The number of aliphatic hydroxyl groups is 5. The highest BCUT2D eigenvalue weighted by molar-refractivity contribution is 5.76. The molecule has 0 bridgehead atoms. The fourth-order valence-electron chi connectivity index (χ4n) is 12.0. The maximum Gasteiger partial charge on any atom is 0.305 e. The summed E-state index contributed by atoms with van der Waals surface area (Å²) in [7, 11) is 0. The molecule has 11 heteroatoms. The summed E-state index contributed by atoms with van der Waals surface area (Å²) in [6.45, 7) is 4.37. The first-order valence-corrected chi connectivity index (χ1v) is 37.8. The number of carbonyl (C=O) groups excluding carboxylic acids is 2. The van der Waals surface area contributed by atoms with Crippen LogP contribution < -0.4 is 5.32 Å². The Hall–Kier alpha value is -2.12. The van der Waals surface area contributed by atoms with E-state index in [1.165, 1.54) is 295 Å². The highest BCUT2D eigenvalue weighted by atomic mass is 16.7. The Morgan fingerprint density at radius 1 is 0.414 bits per heavy atom. The van der Waals surface area contributed by atoms with E-state index in [0.717, 1.165) is 51.4 Å². The summed E-state index contributed by atoms with van der Waals surface area (Å²) in [5.41, 5.74) is 0. The number of carbonyl (C=O) groups is 2. The molecule has 0 saturated carbocycles. The predicted molar refractivity (Wildman–Crippen MR) is 366 cm³/mol. The van der Waals surface area contributed by atoms with Crippen LogP contribution in [0.25, 0.3) is 0 Å². The van der Waals surface area contributed by atoms with E-state index >= 15 is 0 Å². The van der Waals surface area contributed by atoms with Crippen molar-refractivity contribution in [3.8, 4) is 0 Å². The van der Waals surface area contributed by atoms with E-state index in [1.807, 2.05) is 6.08 Å². The van der Waals surface area contributed by atoms with Crippen LogP contribution in [0.2, 0.25) is 0 Å². The Bertz CT molecular complexity index is 1540. The molecule has 6 N–H and O–H groups in total. The number of unbranched alkanes of at least 4 members (excludes halogenated alkanes) is 49. The van der Waals surface area contributed by atoms with Crippen LogP contribution >= 0.6 is 0 Å². The van der Waals surface area contributed by atoms with Crippen molar-refractivity contribution in [2.24, 2.45) is 0 Å². The molecule has 0 radical (unpaired) electrons. The minimum Gasteiger partial charge on any atom is -0.466 e. The molecule has 512 valence electrons. The average molecular weight is 1230 g/mol. The number of hydrogen-bond acceptors (Lipinski definition) is 10. The van der Waals surface area contributed by atoms with E-state index in [-0.39, 0.29) is 18.5 Å². The Morgan fingerprint density at radius 2 is 0.747 bits per heavy atom. The molecule has 1 saturated heterocycles. The van der Waals surface area contributed by atoms with Crippen molar-refractivity contribution in [3.05, 3.63) is 36.5 Å². The third-order valence-corrected chi connectivity index (χ3v) is 18.0. The summed E-state index contributed by atoms with van der Waals surface area (Å²) in [4.78, 5) is 25.1. The van der Waals surface area contributed by atoms with Gasteiger partial charge in [0, 0.05) is 12.8 Å². The van der Waals surface area contributed by atoms with Gasteiger partial charge in [0.2, 0.25) is 5.91 Å². The molecule has 87 heavy (non-hydrogen) atoms. The van der Waals surface area contributed by atoms with E-state index in [4.69, 9.17) is 14.2 Å². The monoisotopic (exact) mass is 1230 g/mol. The summed E-state index contributed by atoms with van der Waals surface area (Å²) < 4.78 is 16.7. The van der Waals surface area contributed by atoms with Crippen molar-refractivity contribution in [3.63, 3.8) is 0 Å². The van der Waals surface area contributed by atoms with E-state index in [1.54, 1.807) is 6.08 Å². The van der Waals surface area contributed by atoms with E-state index in [2.05, 4.69) is 43.5 Å². The average Bonchev–Trinajstić information content (AvgIpc) is 3.16. The lowest BCUT2D eigenvalue weighted by Crippen LogP contribution is -2.60. The first-order chi connectivity index (χ1) is 42.7. The maximum atomic E-state index is 13.1. The van der Waals surface area contributed by atoms with Crippen molar-refractivity contribution in [1.82, 2.24) is 5.32 Å². The molecule has 0 aromatic carbocycles. The largest absolute Gasteiger partial charge is 0.466 e. The zero-order valence-electron chi connectivity index (χ0n) is 57.0. The molecule has 1 fully saturated rings. The van der Waals surface area contributed by atoms with Crippen LogP contribution in [0.1, 0.15) is 373 Å². The Morgan fingerprint density at radius 3 is 1.14 bits per heavy atom. The number of ether oxygens (including phenoxy) is 3. The van der Waals surface area contributed by atoms with Crippen LogP contribution in [0, 0.1) is 0 Å². The zero-order chi connectivity index (χ0) is 63.0. The predicted octanol–water partition coefficient (Wildman–Crippen LogP) is 19.7. The third kappa shape index (κ3) is 54.2. The molecular formula is C76H143NO10. The molecule has 0 aromatic rings. The lowest BCUT2D eigenvalue weighted by molar-refractivity contribution is -0.302. The normalized spacial score (nSPS) is 18.0. The second-order valence-electron chi connectivity index (χ2n) is 26.3. The summed E-state index contributed by atoms with van der Waals surface area (Å²) >= 11 is 0. The molecule has 7 atom stereocenters. The fourth-order valence-corrected chi connectivity index (χ4v) is 12.0. The SMILES string of the molecule is CCCCCCCCCCC/C=C/CC/C=C/C(O)C(COC1OC(CO)C(O)C(O)C1O)NC(=O)CCCCCCCCCCCCCCCCCCC/C=C\CCCCCCCCCCCCCCOC(=O)CCCCCCCCCCCCC. The van der Waals surface area contributed by atoms with Crippen molar-refractivity contribution in [2.75, 3.05) is 19.8 Å². The lowest BCUT2D eigenvalue weighted by Gasteiger charge is -2.40. The van der Waals surface area contributed by atoms with Gasteiger partial charge in [0.1, 0.15) is 24.4 Å². The number of allylic oxidation sites excluding steroid dienone is 5. The third-order valence-electron chi connectivity index (χ3n) is 18.0. The molecule has 1 aliphatic heterocycles. The molecular weight excluding hydrogens is 1090 g/mol. The number of hydrogen-bond donors (Lipinski definition) is 6. The quantitative estimate of drug-likeness (QED) is 0.0195. The molecule has 0 spiro atoms. The summed E-state index contributed by atoms with van der Waals surface area (Å²) in [6, 6.07) is -0.826.